The first-order valence-electron chi connectivity index (χ1n) is 15.4. The fourth-order valence-corrected chi connectivity index (χ4v) is 5.54. The Balaban J connectivity index is 1.81. The number of alkyl halides is 9. The van der Waals surface area contributed by atoms with E-state index in [1.807, 2.05) is 0 Å². The van der Waals surface area contributed by atoms with Gasteiger partial charge in [0, 0.05) is 25.1 Å². The number of ether oxygens (including phenoxy) is 3. The molecule has 0 saturated heterocycles. The first-order chi connectivity index (χ1) is 23.8. The lowest BCUT2D eigenvalue weighted by Crippen LogP contribution is -2.46. The molecule has 1 amide bonds. The van der Waals surface area contributed by atoms with Gasteiger partial charge in [0.2, 0.25) is 0 Å². The summed E-state index contributed by atoms with van der Waals surface area (Å²) in [5.74, 6) is -1.24. The Labute approximate surface area is 285 Å². The fourth-order valence-electron chi connectivity index (χ4n) is 5.54. The number of benzene rings is 2. The first-order valence-corrected chi connectivity index (χ1v) is 15.4. The van der Waals surface area contributed by atoms with E-state index in [1.54, 1.807) is 6.92 Å². The maximum Gasteiger partial charge on any atom is 0.416 e. The molecule has 0 saturated carbocycles. The Morgan fingerprint density at radius 3 is 2.12 bits per heavy atom. The predicted octanol–water partition coefficient (Wildman–Crippen LogP) is 8.51. The average molecular weight is 738 g/mol. The number of aromatic nitrogens is 1. The number of pyridine rings is 1. The van der Waals surface area contributed by atoms with Crippen molar-refractivity contribution in [2.45, 2.75) is 63.2 Å². The zero-order chi connectivity index (χ0) is 37.7. The number of rotatable bonds is 12. The number of fused-ring (bicyclic) bond motifs is 1. The minimum absolute atomic E-state index is 0.00712. The predicted molar refractivity (Wildman–Crippen MR) is 163 cm³/mol. The molecule has 4 rings (SSSR count). The maximum atomic E-state index is 13.9. The van der Waals surface area contributed by atoms with E-state index in [1.165, 1.54) is 19.4 Å². The summed E-state index contributed by atoms with van der Waals surface area (Å²) in [6.45, 7) is 1.33. The van der Waals surface area contributed by atoms with Gasteiger partial charge in [0.05, 0.1) is 47.6 Å². The van der Waals surface area contributed by atoms with Crippen molar-refractivity contribution in [2.75, 3.05) is 37.1 Å². The van der Waals surface area contributed by atoms with E-state index >= 15 is 0 Å². The van der Waals surface area contributed by atoms with Crippen molar-refractivity contribution in [3.63, 3.8) is 0 Å². The molecule has 0 aliphatic carbocycles. The molecule has 2 aromatic carbocycles. The molecule has 0 unspecified atom stereocenters. The van der Waals surface area contributed by atoms with Gasteiger partial charge in [0.15, 0.2) is 0 Å². The van der Waals surface area contributed by atoms with Crippen LogP contribution in [0.5, 0.6) is 5.75 Å². The van der Waals surface area contributed by atoms with Crippen LogP contribution >= 0.6 is 0 Å². The monoisotopic (exact) mass is 737 g/mol. The van der Waals surface area contributed by atoms with Gasteiger partial charge in [0.25, 0.3) is 0 Å². The Hall–Kier alpha value is -4.74. The smallest absolute Gasteiger partial charge is 0.416 e. The Morgan fingerprint density at radius 1 is 0.902 bits per heavy atom. The third-order valence-corrected chi connectivity index (χ3v) is 7.92. The quantitative estimate of drug-likeness (QED) is 0.141. The van der Waals surface area contributed by atoms with Gasteiger partial charge in [-0.15, -0.1) is 0 Å². The van der Waals surface area contributed by atoms with Crippen molar-refractivity contribution >= 4 is 23.6 Å². The molecule has 0 bridgehead atoms. The first kappa shape index (κ1) is 39.1. The molecule has 0 fully saturated rings. The van der Waals surface area contributed by atoms with E-state index in [-0.39, 0.29) is 66.1 Å². The van der Waals surface area contributed by atoms with Crippen LogP contribution in [-0.2, 0) is 39.2 Å². The van der Waals surface area contributed by atoms with Crippen LogP contribution in [0.25, 0.3) is 0 Å². The minimum Gasteiger partial charge on any atom is -0.490 e. The highest BCUT2D eigenvalue weighted by Gasteiger charge is 2.40. The molecule has 2 N–H and O–H groups in total. The van der Waals surface area contributed by atoms with Crippen molar-refractivity contribution in [3.05, 3.63) is 82.0 Å². The van der Waals surface area contributed by atoms with E-state index < -0.39 is 78.8 Å². The number of methoxy groups -OCH3 is 1. The molecule has 3 aromatic rings. The molecule has 2 heterocycles. The zero-order valence-electron chi connectivity index (χ0n) is 27.0. The lowest BCUT2D eigenvalue weighted by atomic mass is 9.88. The van der Waals surface area contributed by atoms with Crippen LogP contribution < -0.4 is 15.0 Å². The normalized spacial score (nSPS) is 16.4. The SMILES string of the molecule is CC[C@@H]1C[C@H](Nc2ncc(OCCOC)cc2Cc2cc(C(F)(F)F)cc(C(F)(F)F)c2)c2cc(C(F)(F)F)ccc2N1C(=O)OCCC(=O)O. The number of carboxylic acids is 1. The van der Waals surface area contributed by atoms with Gasteiger partial charge in [-0.1, -0.05) is 6.92 Å². The molecule has 1 aliphatic heterocycles. The second kappa shape index (κ2) is 15.7. The summed E-state index contributed by atoms with van der Waals surface area (Å²) < 4.78 is 139. The zero-order valence-corrected chi connectivity index (χ0v) is 27.0. The number of amides is 1. The summed E-state index contributed by atoms with van der Waals surface area (Å²) in [4.78, 5) is 29.5. The number of carbonyl (C=O) groups is 2. The second-order valence-electron chi connectivity index (χ2n) is 11.5. The Morgan fingerprint density at radius 2 is 1.55 bits per heavy atom. The lowest BCUT2D eigenvalue weighted by Gasteiger charge is -2.40. The third kappa shape index (κ3) is 9.95. The molecule has 18 heteroatoms. The van der Waals surface area contributed by atoms with Crippen LogP contribution in [0, 0.1) is 0 Å². The molecule has 278 valence electrons. The molecule has 1 aromatic heterocycles. The summed E-state index contributed by atoms with van der Waals surface area (Å²) in [5, 5.41) is 11.9. The largest absolute Gasteiger partial charge is 0.490 e. The third-order valence-electron chi connectivity index (χ3n) is 7.92. The molecule has 0 radical (unpaired) electrons. The molecule has 0 spiro atoms. The van der Waals surface area contributed by atoms with Crippen LogP contribution in [0.4, 0.5) is 55.8 Å². The van der Waals surface area contributed by atoms with Crippen molar-refractivity contribution < 1.29 is 68.4 Å². The summed E-state index contributed by atoms with van der Waals surface area (Å²) in [7, 11) is 1.40. The van der Waals surface area contributed by atoms with Crippen molar-refractivity contribution in [2.24, 2.45) is 0 Å². The van der Waals surface area contributed by atoms with Gasteiger partial charge in [-0.25, -0.2) is 9.78 Å². The van der Waals surface area contributed by atoms with E-state index in [0.29, 0.717) is 12.1 Å². The van der Waals surface area contributed by atoms with Crippen molar-refractivity contribution in [1.29, 1.82) is 0 Å². The van der Waals surface area contributed by atoms with E-state index in [2.05, 4.69) is 10.3 Å². The lowest BCUT2D eigenvalue weighted by molar-refractivity contribution is -0.143. The number of hydrogen-bond acceptors (Lipinski definition) is 7. The van der Waals surface area contributed by atoms with Gasteiger partial charge in [-0.2, -0.15) is 39.5 Å². The number of anilines is 2. The number of carbonyl (C=O) groups excluding carboxylic acids is 1. The van der Waals surface area contributed by atoms with Crippen molar-refractivity contribution in [1.82, 2.24) is 4.98 Å². The van der Waals surface area contributed by atoms with Crippen LogP contribution in [0.2, 0.25) is 0 Å². The molecular weight excluding hydrogens is 705 g/mol. The van der Waals surface area contributed by atoms with E-state index in [0.717, 1.165) is 23.1 Å². The number of nitrogens with zero attached hydrogens (tertiary/aromatic N) is 2. The van der Waals surface area contributed by atoms with Gasteiger partial charge >= 0.3 is 30.6 Å². The van der Waals surface area contributed by atoms with Gasteiger partial charge in [-0.05, 0) is 66.4 Å². The Bertz CT molecular complexity index is 1680. The maximum absolute atomic E-state index is 13.9. The summed E-state index contributed by atoms with van der Waals surface area (Å²) >= 11 is 0. The number of hydrogen-bond donors (Lipinski definition) is 2. The summed E-state index contributed by atoms with van der Waals surface area (Å²) in [5.41, 5.74) is -4.52. The van der Waals surface area contributed by atoms with Gasteiger partial charge in [0.1, 0.15) is 24.8 Å². The van der Waals surface area contributed by atoms with Crippen LogP contribution in [0.15, 0.2) is 48.7 Å². The van der Waals surface area contributed by atoms with E-state index in [9.17, 15) is 49.1 Å². The standard InChI is InChI=1S/C33H32F9N3O6/c1-3-23-16-26(25-15-20(31(34,35)36)4-5-27(25)45(23)30(48)51-7-6-28(46)47)44-29-19(13-24(17-43-29)50-9-8-49-2)10-18-11-21(32(37,38)39)14-22(12-18)33(40,41)42/h4-5,11-15,17,23,26H,3,6-10,16H2,1-2H3,(H,43,44)(H,46,47)/t23-,26+/m1/s1. The highest BCUT2D eigenvalue weighted by molar-refractivity contribution is 5.90. The fraction of sp³-hybridized carbons (Fsp3) is 0.424. The van der Waals surface area contributed by atoms with Gasteiger partial charge in [-0.3, -0.25) is 9.69 Å². The minimum atomic E-state index is -5.11. The number of carboxylic acid groups (broad SMARTS) is 1. The van der Waals surface area contributed by atoms with Crippen LogP contribution in [0.1, 0.15) is 65.6 Å². The average Bonchev–Trinajstić information content (AvgIpc) is 3.03. The molecule has 2 atom stereocenters. The summed E-state index contributed by atoms with van der Waals surface area (Å²) in [6.07, 6.45) is -15.7. The highest BCUT2D eigenvalue weighted by atomic mass is 19.4. The topological polar surface area (TPSA) is 110 Å². The second-order valence-corrected chi connectivity index (χ2v) is 11.5. The highest BCUT2D eigenvalue weighted by Crippen LogP contribution is 2.44. The number of halogens is 9. The van der Waals surface area contributed by atoms with Crippen LogP contribution in [-0.4, -0.2) is 55.1 Å². The molecular formula is C33H32F9N3O6. The Kier molecular flexibility index (Phi) is 12.0. The van der Waals surface area contributed by atoms with Gasteiger partial charge < -0.3 is 24.6 Å². The van der Waals surface area contributed by atoms with Crippen molar-refractivity contribution in [3.8, 4) is 5.75 Å². The molecule has 51 heavy (non-hydrogen) atoms. The number of nitrogens with one attached hydrogen (secondary N) is 1. The van der Waals surface area contributed by atoms with Crippen LogP contribution in [0.3, 0.4) is 0 Å². The molecule has 9 nitrogen and oxygen atoms in total. The number of aliphatic carboxylic acids is 1. The summed E-state index contributed by atoms with van der Waals surface area (Å²) in [6, 6.07) is 3.34. The van der Waals surface area contributed by atoms with E-state index in [4.69, 9.17) is 19.3 Å². The molecule has 1 aliphatic rings.